The molecule has 4 aliphatic rings. The summed E-state index contributed by atoms with van der Waals surface area (Å²) >= 11 is 0. The van der Waals surface area contributed by atoms with Crippen molar-refractivity contribution in [2.45, 2.75) is 103 Å². The van der Waals surface area contributed by atoms with E-state index >= 15 is 0 Å². The second kappa shape index (κ2) is 13.2. The molecule has 5 heterocycles. The fraction of sp³-hybridized carbons (Fsp3) is 0.475. The molecule has 274 valence electrons. The third-order valence-electron chi connectivity index (χ3n) is 11.5. The van der Waals surface area contributed by atoms with Gasteiger partial charge in [0.15, 0.2) is 0 Å². The number of nitrogens with one attached hydrogen (secondary N) is 1. The molecule has 12 heteroatoms. The Bertz CT molecular complexity index is 2240. The molecule has 2 atom stereocenters. The second-order valence-corrected chi connectivity index (χ2v) is 17.2. The molecule has 11 nitrogen and oxygen atoms in total. The molecular weight excluding hydrogens is 679 g/mol. The highest BCUT2D eigenvalue weighted by Gasteiger charge is 2.43. The fourth-order valence-corrected chi connectivity index (χ4v) is 9.43. The van der Waals surface area contributed by atoms with Crippen molar-refractivity contribution in [3.05, 3.63) is 70.0 Å². The lowest BCUT2D eigenvalue weighted by Gasteiger charge is -2.27. The molecule has 3 aliphatic heterocycles. The molecule has 1 saturated carbocycles. The highest BCUT2D eigenvalue weighted by Crippen LogP contribution is 2.48. The number of carbonyl (C=O) groups excluding carboxylic acids is 2. The Morgan fingerprint density at radius 3 is 2.54 bits per heavy atom. The van der Waals surface area contributed by atoms with E-state index in [1.54, 1.807) is 27.0 Å². The standard InChI is InChI=1S/C40H47N5O6S/c1-6-45-37(35(24(4)41-45)40(47)43-21-31-19-29(43)22-51-31)28-16-27-17-30(50-5)13-15-32(27)38-36(25-10-8-7-9-11-25)33-14-12-26(18-34(33)44(38)20-28)39(46)42-52(48,49)23(2)3/h12-18,23,25,29,31H,6-11,19-22H2,1-5H3,(H,42,46)/t29-,31-/m1/s1. The third kappa shape index (κ3) is 5.74. The minimum Gasteiger partial charge on any atom is -0.497 e. The summed E-state index contributed by atoms with van der Waals surface area (Å²) in [5.41, 5.74) is 8.47. The van der Waals surface area contributed by atoms with Gasteiger partial charge in [-0.2, -0.15) is 5.10 Å². The van der Waals surface area contributed by atoms with E-state index in [9.17, 15) is 18.0 Å². The number of ether oxygens (including phenoxy) is 2. The van der Waals surface area contributed by atoms with Crippen molar-refractivity contribution in [2.75, 3.05) is 20.3 Å². The van der Waals surface area contributed by atoms with Gasteiger partial charge in [-0.1, -0.05) is 25.3 Å². The van der Waals surface area contributed by atoms with Crippen LogP contribution in [0.15, 0.2) is 36.4 Å². The predicted octanol–water partition coefficient (Wildman–Crippen LogP) is 6.52. The van der Waals surface area contributed by atoms with Crippen molar-refractivity contribution < 1.29 is 27.5 Å². The van der Waals surface area contributed by atoms with E-state index in [0.717, 1.165) is 76.8 Å². The number of allylic oxidation sites excluding steroid dienone is 1. The van der Waals surface area contributed by atoms with Gasteiger partial charge in [-0.15, -0.1) is 0 Å². The Morgan fingerprint density at radius 2 is 1.87 bits per heavy atom. The van der Waals surface area contributed by atoms with Gasteiger partial charge in [0.05, 0.1) is 60.3 Å². The summed E-state index contributed by atoms with van der Waals surface area (Å²) < 4.78 is 43.6. The maximum atomic E-state index is 14.5. The number of carbonyl (C=O) groups is 2. The number of rotatable bonds is 8. The summed E-state index contributed by atoms with van der Waals surface area (Å²) in [7, 11) is -2.17. The summed E-state index contributed by atoms with van der Waals surface area (Å²) in [4.78, 5) is 30.0. The van der Waals surface area contributed by atoms with Crippen molar-refractivity contribution in [3.8, 4) is 17.0 Å². The zero-order valence-corrected chi connectivity index (χ0v) is 31.4. The second-order valence-electron chi connectivity index (χ2n) is 15.0. The molecule has 0 unspecified atom stereocenters. The van der Waals surface area contributed by atoms with E-state index in [-0.39, 0.29) is 23.6 Å². The topological polar surface area (TPSA) is 125 Å². The van der Waals surface area contributed by atoms with Crippen LogP contribution in [0.2, 0.25) is 0 Å². The number of fused-ring (bicyclic) bond motifs is 7. The highest BCUT2D eigenvalue weighted by molar-refractivity contribution is 7.90. The van der Waals surface area contributed by atoms with Gasteiger partial charge in [0, 0.05) is 35.1 Å². The van der Waals surface area contributed by atoms with Crippen LogP contribution in [0.5, 0.6) is 5.75 Å². The van der Waals surface area contributed by atoms with Crippen LogP contribution in [0.1, 0.15) is 108 Å². The van der Waals surface area contributed by atoms with E-state index in [1.807, 2.05) is 41.6 Å². The molecule has 8 rings (SSSR count). The highest BCUT2D eigenvalue weighted by atomic mass is 32.2. The molecule has 52 heavy (non-hydrogen) atoms. The number of likely N-dealkylation sites (tertiary alicyclic amines) is 1. The number of benzene rings is 2. The van der Waals surface area contributed by atoms with E-state index in [4.69, 9.17) is 14.6 Å². The van der Waals surface area contributed by atoms with Crippen LogP contribution in [0, 0.1) is 6.92 Å². The van der Waals surface area contributed by atoms with Gasteiger partial charge in [0.1, 0.15) is 5.75 Å². The van der Waals surface area contributed by atoms with Gasteiger partial charge in [-0.05, 0) is 106 Å². The first-order valence-electron chi connectivity index (χ1n) is 18.6. The molecule has 2 bridgehead atoms. The number of methoxy groups -OCH3 is 1. The largest absolute Gasteiger partial charge is 0.497 e. The normalized spacial score (nSPS) is 20.2. The number of sulfonamides is 1. The van der Waals surface area contributed by atoms with Crippen LogP contribution in [0.3, 0.4) is 0 Å². The number of amides is 2. The average Bonchev–Trinajstić information content (AvgIpc) is 3.90. The molecule has 2 saturated heterocycles. The van der Waals surface area contributed by atoms with Gasteiger partial charge in [0.2, 0.25) is 10.0 Å². The number of aromatic nitrogens is 3. The van der Waals surface area contributed by atoms with Gasteiger partial charge in [-0.3, -0.25) is 14.3 Å². The van der Waals surface area contributed by atoms with Gasteiger partial charge >= 0.3 is 0 Å². The summed E-state index contributed by atoms with van der Waals surface area (Å²) in [6, 6.07) is 11.8. The van der Waals surface area contributed by atoms with Crippen LogP contribution < -0.4 is 9.46 Å². The summed E-state index contributed by atoms with van der Waals surface area (Å²) in [5, 5.41) is 5.21. The van der Waals surface area contributed by atoms with Gasteiger partial charge in [-0.25, -0.2) is 13.1 Å². The molecular formula is C40H47N5O6S. The van der Waals surface area contributed by atoms with Gasteiger partial charge in [0.25, 0.3) is 11.8 Å². The first-order chi connectivity index (χ1) is 25.0. The molecule has 2 aromatic carbocycles. The quantitative estimate of drug-likeness (QED) is 0.219. The molecule has 0 spiro atoms. The maximum absolute atomic E-state index is 14.5. The van der Waals surface area contributed by atoms with Crippen LogP contribution in [0.4, 0.5) is 0 Å². The minimum atomic E-state index is -3.83. The fourth-order valence-electron chi connectivity index (χ4n) is 8.82. The SMILES string of the molecule is CCn1nc(C)c(C(=O)N2C[C@H]3C[C@@H]2CO3)c1C1=Cc2cc(OC)ccc2-c2c(C3CCCCC3)c3ccc(C(=O)NS(=O)(=O)C(C)C)cc3n2C1. The third-order valence-corrected chi connectivity index (χ3v) is 13.2. The number of aryl methyl sites for hydroxylation is 2. The van der Waals surface area contributed by atoms with Crippen molar-refractivity contribution in [2.24, 2.45) is 0 Å². The van der Waals surface area contributed by atoms with Crippen molar-refractivity contribution in [3.63, 3.8) is 0 Å². The first kappa shape index (κ1) is 34.7. The predicted molar refractivity (Wildman–Crippen MR) is 201 cm³/mol. The molecule has 2 aromatic heterocycles. The number of hydrogen-bond donors (Lipinski definition) is 1. The van der Waals surface area contributed by atoms with Crippen LogP contribution in [-0.2, 0) is 27.8 Å². The Hall–Kier alpha value is -4.42. The van der Waals surface area contributed by atoms with Crippen LogP contribution in [0.25, 0.3) is 33.8 Å². The first-order valence-corrected chi connectivity index (χ1v) is 20.1. The number of morpholine rings is 1. The molecule has 3 fully saturated rings. The van der Waals surface area contributed by atoms with Gasteiger partial charge < -0.3 is 18.9 Å². The molecule has 0 radical (unpaired) electrons. The number of hydrogen-bond acceptors (Lipinski definition) is 7. The average molecular weight is 726 g/mol. The van der Waals surface area contributed by atoms with Crippen molar-refractivity contribution in [1.29, 1.82) is 0 Å². The lowest BCUT2D eigenvalue weighted by Crippen LogP contribution is -2.42. The van der Waals surface area contributed by atoms with Crippen molar-refractivity contribution in [1.82, 2.24) is 24.0 Å². The zero-order valence-electron chi connectivity index (χ0n) is 30.6. The molecule has 2 amide bonds. The monoisotopic (exact) mass is 725 g/mol. The summed E-state index contributed by atoms with van der Waals surface area (Å²) in [5.74, 6) is 0.368. The number of nitrogens with zero attached hydrogens (tertiary/aromatic N) is 4. The summed E-state index contributed by atoms with van der Waals surface area (Å²) in [6.07, 6.45) is 8.73. The Morgan fingerprint density at radius 1 is 1.08 bits per heavy atom. The van der Waals surface area contributed by atoms with E-state index in [1.165, 1.54) is 12.0 Å². The van der Waals surface area contributed by atoms with Crippen LogP contribution in [-0.4, -0.2) is 77.1 Å². The molecule has 4 aromatic rings. The summed E-state index contributed by atoms with van der Waals surface area (Å²) in [6.45, 7) is 9.16. The lowest BCUT2D eigenvalue weighted by atomic mass is 9.81. The molecule has 1 N–H and O–H groups in total. The smallest absolute Gasteiger partial charge is 0.264 e. The Balaban J connectivity index is 1.35. The Kier molecular flexibility index (Phi) is 8.81. The Labute approximate surface area is 305 Å². The van der Waals surface area contributed by atoms with Crippen molar-refractivity contribution >= 4 is 44.4 Å². The van der Waals surface area contributed by atoms with E-state index in [0.29, 0.717) is 43.4 Å². The zero-order chi connectivity index (χ0) is 36.5. The lowest BCUT2D eigenvalue weighted by molar-refractivity contribution is 0.0258. The van der Waals surface area contributed by atoms with Crippen LogP contribution >= 0.6 is 0 Å². The maximum Gasteiger partial charge on any atom is 0.264 e. The van der Waals surface area contributed by atoms with E-state index in [2.05, 4.69) is 27.5 Å². The minimum absolute atomic E-state index is 0.0233. The molecule has 1 aliphatic carbocycles. The van der Waals surface area contributed by atoms with E-state index < -0.39 is 21.2 Å².